The molecule has 48 heavy (non-hydrogen) atoms. The number of carbonyl (C=O) groups excluding carboxylic acids is 1. The predicted molar refractivity (Wildman–Crippen MR) is 193 cm³/mol. The molecule has 0 bridgehead atoms. The number of thiazole rings is 1. The molecule has 4 aromatic rings. The first kappa shape index (κ1) is 35.3. The Morgan fingerprint density at radius 1 is 1.17 bits per heavy atom. The van der Waals surface area contributed by atoms with Gasteiger partial charge >= 0.3 is 5.97 Å². The number of hydrogen-bond donors (Lipinski definition) is 0. The lowest BCUT2D eigenvalue weighted by Crippen LogP contribution is -2.40. The highest BCUT2D eigenvalue weighted by molar-refractivity contribution is 14.1. The molecule has 3 aromatic carbocycles. The van der Waals surface area contributed by atoms with Gasteiger partial charge in [0.15, 0.2) is 16.3 Å². The van der Waals surface area contributed by atoms with Crippen molar-refractivity contribution >= 4 is 67.6 Å². The van der Waals surface area contributed by atoms with Gasteiger partial charge in [-0.1, -0.05) is 17.4 Å². The molecule has 0 fully saturated rings. The number of aromatic nitrogens is 1. The lowest BCUT2D eigenvalue weighted by molar-refractivity contribution is -0.384. The molecule has 1 aliphatic rings. The third-order valence-corrected chi connectivity index (χ3v) is 9.61. The van der Waals surface area contributed by atoms with Gasteiger partial charge in [0.25, 0.3) is 11.2 Å². The maximum atomic E-state index is 14.1. The molecule has 0 spiro atoms. The van der Waals surface area contributed by atoms with Crippen LogP contribution in [0.1, 0.15) is 50.4 Å². The second kappa shape index (κ2) is 15.0. The first-order valence-corrected chi connectivity index (χ1v) is 17.5. The van der Waals surface area contributed by atoms with Crippen molar-refractivity contribution in [3.05, 3.63) is 120 Å². The molecule has 2 heterocycles. The average molecular weight is 849 g/mol. The van der Waals surface area contributed by atoms with Crippen molar-refractivity contribution in [2.75, 3.05) is 13.7 Å². The van der Waals surface area contributed by atoms with E-state index in [-0.39, 0.29) is 36.1 Å². The largest absolute Gasteiger partial charge is 0.493 e. The van der Waals surface area contributed by atoms with Crippen molar-refractivity contribution in [3.63, 3.8) is 0 Å². The lowest BCUT2D eigenvalue weighted by Gasteiger charge is -2.25. The van der Waals surface area contributed by atoms with E-state index in [9.17, 15) is 19.7 Å². The van der Waals surface area contributed by atoms with Crippen LogP contribution in [0.4, 0.5) is 5.69 Å². The van der Waals surface area contributed by atoms with E-state index < -0.39 is 16.9 Å². The molecule has 0 radical (unpaired) electrons. The number of hydrogen-bond acceptors (Lipinski definition) is 10. The van der Waals surface area contributed by atoms with E-state index in [1.807, 2.05) is 32.0 Å². The summed E-state index contributed by atoms with van der Waals surface area (Å²) in [7, 11) is 1.54. The molecule has 5 rings (SSSR count). The van der Waals surface area contributed by atoms with Gasteiger partial charge in [-0.15, -0.1) is 0 Å². The molecule has 1 aromatic heterocycles. The fraction of sp³-hybridized carbons (Fsp3) is 0.265. The van der Waals surface area contributed by atoms with E-state index in [1.54, 1.807) is 44.2 Å². The Morgan fingerprint density at radius 3 is 2.52 bits per heavy atom. The van der Waals surface area contributed by atoms with E-state index >= 15 is 0 Å². The van der Waals surface area contributed by atoms with Gasteiger partial charge in [0.1, 0.15) is 12.4 Å². The van der Waals surface area contributed by atoms with Crippen LogP contribution in [-0.2, 0) is 16.1 Å². The zero-order valence-corrected chi connectivity index (χ0v) is 31.2. The van der Waals surface area contributed by atoms with Crippen LogP contribution in [0.5, 0.6) is 17.2 Å². The highest BCUT2D eigenvalue weighted by atomic mass is 127. The lowest BCUT2D eigenvalue weighted by atomic mass is 9.95. The minimum absolute atomic E-state index is 0.0108. The van der Waals surface area contributed by atoms with Gasteiger partial charge < -0.3 is 18.9 Å². The second-order valence-electron chi connectivity index (χ2n) is 10.9. The van der Waals surface area contributed by atoms with Crippen LogP contribution in [0.15, 0.2) is 80.1 Å². The predicted octanol–water partition coefficient (Wildman–Crippen LogP) is 6.45. The Balaban J connectivity index is 1.54. The number of benzene rings is 3. The second-order valence-corrected chi connectivity index (χ2v) is 13.9. The van der Waals surface area contributed by atoms with Crippen LogP contribution in [0.3, 0.4) is 0 Å². The van der Waals surface area contributed by atoms with Gasteiger partial charge in [-0.05, 0) is 125 Å². The minimum Gasteiger partial charge on any atom is -0.493 e. The summed E-state index contributed by atoms with van der Waals surface area (Å²) in [6.45, 7) is 7.67. The number of fused-ring (bicyclic) bond motifs is 1. The van der Waals surface area contributed by atoms with Gasteiger partial charge in [-0.2, -0.15) is 0 Å². The van der Waals surface area contributed by atoms with Crippen molar-refractivity contribution < 1.29 is 28.7 Å². The zero-order chi connectivity index (χ0) is 34.7. The van der Waals surface area contributed by atoms with Crippen molar-refractivity contribution in [1.82, 2.24) is 4.57 Å². The Hall–Kier alpha value is -4.02. The Bertz CT molecular complexity index is 2080. The van der Waals surface area contributed by atoms with Crippen molar-refractivity contribution in [1.29, 1.82) is 0 Å². The summed E-state index contributed by atoms with van der Waals surface area (Å²) in [6.07, 6.45) is 1.69. The SMILES string of the molecule is CCOC(=O)C1=C(C)N=c2s/c(=C\c3cc(Br)c(OCc4ccc([N+](=O)[O-])cc4)c(I)c3)c(=O)n2[C@H]1c1ccc(OC(C)C)c(OC)c1. The number of rotatable bonds is 11. The maximum absolute atomic E-state index is 14.1. The third-order valence-electron chi connectivity index (χ3n) is 7.23. The number of methoxy groups -OCH3 is 1. The number of non-ortho nitro benzene ring substituents is 1. The number of nitro groups is 1. The first-order valence-electron chi connectivity index (χ1n) is 14.8. The number of allylic oxidation sites excluding steroid dienone is 1. The molecule has 1 atom stereocenters. The van der Waals surface area contributed by atoms with Crippen molar-refractivity contribution in [2.24, 2.45) is 4.99 Å². The monoisotopic (exact) mass is 847 g/mol. The summed E-state index contributed by atoms with van der Waals surface area (Å²) >= 11 is 6.98. The molecule has 14 heteroatoms. The average Bonchev–Trinajstić information content (AvgIpc) is 3.33. The molecular formula is C34H31BrIN3O8S. The number of halogens is 2. The standard InChI is InChI=1S/C34H31BrIN3O8S/c1-6-45-33(41)29-19(4)37-34-38(30(29)22-9-12-26(47-18(2)3)27(16-22)44-5)32(40)28(48-34)15-21-13-24(35)31(25(36)14-21)46-17-20-7-10-23(11-8-20)39(42)43/h7-16,18,30H,6,17H2,1-5H3/b28-15-/t30-/m0/s1. The Morgan fingerprint density at radius 2 is 1.90 bits per heavy atom. The highest BCUT2D eigenvalue weighted by Crippen LogP contribution is 2.37. The number of esters is 1. The third kappa shape index (κ3) is 7.50. The van der Waals surface area contributed by atoms with Crippen LogP contribution in [0, 0.1) is 13.7 Å². The zero-order valence-electron chi connectivity index (χ0n) is 26.6. The summed E-state index contributed by atoms with van der Waals surface area (Å²) in [6, 6.07) is 14.5. The summed E-state index contributed by atoms with van der Waals surface area (Å²) in [5, 5.41) is 11.0. The van der Waals surface area contributed by atoms with Gasteiger partial charge in [0, 0.05) is 12.1 Å². The van der Waals surface area contributed by atoms with E-state index in [0.29, 0.717) is 42.3 Å². The Kier molecular flexibility index (Phi) is 11.1. The van der Waals surface area contributed by atoms with Crippen LogP contribution in [0.2, 0.25) is 0 Å². The summed E-state index contributed by atoms with van der Waals surface area (Å²) in [4.78, 5) is 43.1. The van der Waals surface area contributed by atoms with E-state index in [0.717, 1.165) is 14.7 Å². The molecule has 0 saturated heterocycles. The van der Waals surface area contributed by atoms with Crippen LogP contribution in [-0.4, -0.2) is 35.3 Å². The molecule has 0 saturated carbocycles. The molecule has 0 N–H and O–H groups in total. The van der Waals surface area contributed by atoms with Gasteiger partial charge in [0.05, 0.1) is 54.6 Å². The number of carbonyl (C=O) groups is 1. The van der Waals surface area contributed by atoms with Crippen molar-refractivity contribution in [3.8, 4) is 17.2 Å². The number of nitro benzene ring substituents is 1. The minimum atomic E-state index is -0.813. The molecular weight excluding hydrogens is 817 g/mol. The molecule has 0 unspecified atom stereocenters. The fourth-order valence-corrected chi connectivity index (χ4v) is 7.95. The van der Waals surface area contributed by atoms with Crippen LogP contribution < -0.4 is 29.1 Å². The number of ether oxygens (including phenoxy) is 4. The van der Waals surface area contributed by atoms with Gasteiger partial charge in [0.2, 0.25) is 0 Å². The Labute approximate surface area is 301 Å². The van der Waals surface area contributed by atoms with E-state index in [1.165, 1.54) is 35.1 Å². The van der Waals surface area contributed by atoms with Crippen molar-refractivity contribution in [2.45, 2.75) is 46.4 Å². The molecule has 0 amide bonds. The van der Waals surface area contributed by atoms with Crippen LogP contribution >= 0.6 is 49.9 Å². The molecule has 11 nitrogen and oxygen atoms in total. The summed E-state index contributed by atoms with van der Waals surface area (Å²) in [5.74, 6) is 1.06. The topological polar surface area (TPSA) is 131 Å². The summed E-state index contributed by atoms with van der Waals surface area (Å²) < 4.78 is 26.4. The highest BCUT2D eigenvalue weighted by Gasteiger charge is 2.34. The normalized spacial score (nSPS) is 14.4. The first-order chi connectivity index (χ1) is 22.9. The maximum Gasteiger partial charge on any atom is 0.338 e. The van der Waals surface area contributed by atoms with E-state index in [4.69, 9.17) is 18.9 Å². The summed E-state index contributed by atoms with van der Waals surface area (Å²) in [5.41, 5.74) is 2.58. The molecule has 250 valence electrons. The smallest absolute Gasteiger partial charge is 0.338 e. The number of nitrogens with zero attached hydrogens (tertiary/aromatic N) is 3. The van der Waals surface area contributed by atoms with Crippen LogP contribution in [0.25, 0.3) is 6.08 Å². The molecule has 1 aliphatic heterocycles. The van der Waals surface area contributed by atoms with Gasteiger partial charge in [-0.3, -0.25) is 19.5 Å². The fourth-order valence-electron chi connectivity index (χ4n) is 5.13. The molecule has 0 aliphatic carbocycles. The quantitative estimate of drug-likeness (QED) is 0.0729. The van der Waals surface area contributed by atoms with E-state index in [2.05, 4.69) is 43.5 Å². The van der Waals surface area contributed by atoms with Gasteiger partial charge in [-0.25, -0.2) is 9.79 Å².